The van der Waals surface area contributed by atoms with Crippen molar-refractivity contribution in [3.8, 4) is 0 Å². The number of esters is 1. The van der Waals surface area contributed by atoms with Crippen LogP contribution in [0.3, 0.4) is 0 Å². The second-order valence-corrected chi connectivity index (χ2v) is 17.8. The summed E-state index contributed by atoms with van der Waals surface area (Å²) in [5.41, 5.74) is 0. The Kier molecular flexibility index (Phi) is 48.1. The monoisotopic (exact) mass is 844 g/mol. The van der Waals surface area contributed by atoms with Gasteiger partial charge in [-0.05, 0) is 77.0 Å². The number of rotatable bonds is 48. The van der Waals surface area contributed by atoms with E-state index in [2.05, 4.69) is 43.5 Å². The van der Waals surface area contributed by atoms with Gasteiger partial charge in [-0.1, -0.05) is 217 Å². The average molecular weight is 844 g/mol. The van der Waals surface area contributed by atoms with Gasteiger partial charge in [-0.2, -0.15) is 0 Å². The molecule has 0 aromatic rings. The maximum absolute atomic E-state index is 12.4. The van der Waals surface area contributed by atoms with Gasteiger partial charge in [-0.3, -0.25) is 9.59 Å². The first kappa shape index (κ1) is 58.1. The van der Waals surface area contributed by atoms with Crippen LogP contribution in [0.1, 0.15) is 271 Å². The van der Waals surface area contributed by atoms with E-state index < -0.39 is 12.1 Å². The highest BCUT2D eigenvalue weighted by Gasteiger charge is 2.18. The Balaban J connectivity index is 3.47. The lowest BCUT2D eigenvalue weighted by Crippen LogP contribution is -2.45. The summed E-state index contributed by atoms with van der Waals surface area (Å²) in [6.07, 6.45) is 60.1. The number of amides is 1. The fourth-order valence-corrected chi connectivity index (χ4v) is 7.78. The van der Waals surface area contributed by atoms with Crippen molar-refractivity contribution in [3.05, 3.63) is 36.5 Å². The summed E-state index contributed by atoms with van der Waals surface area (Å²) in [6, 6.07) is -0.633. The SMILES string of the molecule is CCCC/C=C\CCCCCCCC(=O)OCCCCCCCCCCC/C=C\CCCCCCCCCC(=O)NC(CO)C(O)/C=C/CCCCCCCCCCCC. The van der Waals surface area contributed by atoms with Gasteiger partial charge in [-0.15, -0.1) is 0 Å². The van der Waals surface area contributed by atoms with Gasteiger partial charge in [0.1, 0.15) is 0 Å². The van der Waals surface area contributed by atoms with Crippen LogP contribution in [0.4, 0.5) is 0 Å². The van der Waals surface area contributed by atoms with Crippen molar-refractivity contribution in [1.82, 2.24) is 5.32 Å². The smallest absolute Gasteiger partial charge is 0.305 e. The van der Waals surface area contributed by atoms with Crippen molar-refractivity contribution in [2.45, 2.75) is 283 Å². The molecule has 6 heteroatoms. The Labute approximate surface area is 373 Å². The van der Waals surface area contributed by atoms with E-state index in [9.17, 15) is 19.8 Å². The molecule has 0 bridgehead atoms. The predicted octanol–water partition coefficient (Wildman–Crippen LogP) is 15.7. The lowest BCUT2D eigenvalue weighted by Gasteiger charge is -2.20. The third-order valence-electron chi connectivity index (χ3n) is 11.9. The molecular formula is C54H101NO5. The van der Waals surface area contributed by atoms with Gasteiger partial charge in [0.25, 0.3) is 0 Å². The number of carbonyl (C=O) groups excluding carboxylic acids is 2. The first-order chi connectivity index (χ1) is 29.5. The Bertz CT molecular complexity index is 977. The molecule has 0 spiro atoms. The Morgan fingerprint density at radius 3 is 1.23 bits per heavy atom. The predicted molar refractivity (Wildman–Crippen MR) is 259 cm³/mol. The Morgan fingerprint density at radius 2 is 0.800 bits per heavy atom. The first-order valence-electron chi connectivity index (χ1n) is 26.3. The van der Waals surface area contributed by atoms with Gasteiger partial charge in [0.05, 0.1) is 25.4 Å². The normalized spacial score (nSPS) is 12.9. The van der Waals surface area contributed by atoms with Crippen molar-refractivity contribution >= 4 is 11.9 Å². The number of unbranched alkanes of at least 4 members (excludes halogenated alkanes) is 33. The van der Waals surface area contributed by atoms with Crippen LogP contribution < -0.4 is 5.32 Å². The summed E-state index contributed by atoms with van der Waals surface area (Å²) in [4.78, 5) is 24.4. The highest BCUT2D eigenvalue weighted by Crippen LogP contribution is 2.15. The number of ether oxygens (including phenoxy) is 1. The fourth-order valence-electron chi connectivity index (χ4n) is 7.78. The van der Waals surface area contributed by atoms with Crippen LogP contribution in [0, 0.1) is 0 Å². The number of nitrogens with one attached hydrogen (secondary N) is 1. The maximum Gasteiger partial charge on any atom is 0.305 e. The summed E-state index contributed by atoms with van der Waals surface area (Å²) in [5, 5.41) is 23.0. The van der Waals surface area contributed by atoms with Gasteiger partial charge >= 0.3 is 5.97 Å². The molecule has 2 unspecified atom stereocenters. The minimum Gasteiger partial charge on any atom is -0.466 e. The molecule has 2 atom stereocenters. The highest BCUT2D eigenvalue weighted by atomic mass is 16.5. The maximum atomic E-state index is 12.4. The van der Waals surface area contributed by atoms with E-state index in [0.717, 1.165) is 51.4 Å². The molecule has 352 valence electrons. The molecule has 0 aliphatic rings. The fraction of sp³-hybridized carbons (Fsp3) is 0.852. The molecule has 0 fully saturated rings. The van der Waals surface area contributed by atoms with Crippen LogP contribution in [0.15, 0.2) is 36.5 Å². The summed E-state index contributed by atoms with van der Waals surface area (Å²) in [5.74, 6) is -0.0846. The minimum atomic E-state index is -0.849. The molecule has 1 amide bonds. The second-order valence-electron chi connectivity index (χ2n) is 17.8. The summed E-state index contributed by atoms with van der Waals surface area (Å²) in [6.45, 7) is 4.84. The van der Waals surface area contributed by atoms with E-state index in [-0.39, 0.29) is 18.5 Å². The number of carbonyl (C=O) groups is 2. The number of hydrogen-bond acceptors (Lipinski definition) is 5. The van der Waals surface area contributed by atoms with Crippen molar-refractivity contribution in [1.29, 1.82) is 0 Å². The zero-order valence-electron chi connectivity index (χ0n) is 39.9. The van der Waals surface area contributed by atoms with Crippen LogP contribution in [0.25, 0.3) is 0 Å². The topological polar surface area (TPSA) is 95.9 Å². The molecule has 60 heavy (non-hydrogen) atoms. The first-order valence-corrected chi connectivity index (χ1v) is 26.3. The Hall–Kier alpha value is -1.92. The molecule has 0 aromatic carbocycles. The Morgan fingerprint density at radius 1 is 0.450 bits per heavy atom. The minimum absolute atomic E-state index is 0.00632. The molecular weight excluding hydrogens is 743 g/mol. The van der Waals surface area contributed by atoms with E-state index in [1.54, 1.807) is 6.08 Å². The largest absolute Gasteiger partial charge is 0.466 e. The van der Waals surface area contributed by atoms with E-state index in [4.69, 9.17) is 4.74 Å². The third kappa shape index (κ3) is 45.6. The molecule has 0 rings (SSSR count). The van der Waals surface area contributed by atoms with Crippen LogP contribution in [-0.4, -0.2) is 47.4 Å². The molecule has 0 radical (unpaired) electrons. The molecule has 0 aliphatic heterocycles. The van der Waals surface area contributed by atoms with Gasteiger partial charge < -0.3 is 20.3 Å². The number of aliphatic hydroxyl groups is 2. The molecule has 3 N–H and O–H groups in total. The molecule has 0 aromatic heterocycles. The van der Waals surface area contributed by atoms with E-state index in [1.165, 1.54) is 193 Å². The van der Waals surface area contributed by atoms with Crippen LogP contribution in [-0.2, 0) is 14.3 Å². The molecule has 0 saturated carbocycles. The van der Waals surface area contributed by atoms with Gasteiger partial charge in [0, 0.05) is 12.8 Å². The van der Waals surface area contributed by atoms with Gasteiger partial charge in [-0.25, -0.2) is 0 Å². The lowest BCUT2D eigenvalue weighted by atomic mass is 10.0. The number of hydrogen-bond donors (Lipinski definition) is 3. The average Bonchev–Trinajstić information content (AvgIpc) is 3.25. The number of aliphatic hydroxyl groups excluding tert-OH is 2. The van der Waals surface area contributed by atoms with Crippen molar-refractivity contribution < 1.29 is 24.5 Å². The quantitative estimate of drug-likeness (QED) is 0.0322. The van der Waals surface area contributed by atoms with Crippen LogP contribution in [0.5, 0.6) is 0 Å². The summed E-state index contributed by atoms with van der Waals surface area (Å²) < 4.78 is 5.44. The summed E-state index contributed by atoms with van der Waals surface area (Å²) in [7, 11) is 0. The number of allylic oxidation sites excluding steroid dienone is 5. The molecule has 0 aliphatic carbocycles. The van der Waals surface area contributed by atoms with Crippen LogP contribution in [0.2, 0.25) is 0 Å². The summed E-state index contributed by atoms with van der Waals surface area (Å²) >= 11 is 0. The van der Waals surface area contributed by atoms with Crippen molar-refractivity contribution in [2.24, 2.45) is 0 Å². The van der Waals surface area contributed by atoms with E-state index in [1.807, 2.05) is 6.08 Å². The van der Waals surface area contributed by atoms with E-state index in [0.29, 0.717) is 19.4 Å². The van der Waals surface area contributed by atoms with Crippen molar-refractivity contribution in [3.63, 3.8) is 0 Å². The van der Waals surface area contributed by atoms with Gasteiger partial charge in [0.2, 0.25) is 5.91 Å². The molecule has 0 heterocycles. The molecule has 6 nitrogen and oxygen atoms in total. The zero-order chi connectivity index (χ0) is 43.7. The highest BCUT2D eigenvalue weighted by molar-refractivity contribution is 5.76. The zero-order valence-corrected chi connectivity index (χ0v) is 39.9. The molecule has 0 saturated heterocycles. The standard InChI is InChI=1S/C54H101NO5/c1-3-5-7-9-11-13-15-27-30-34-38-42-46-52(57)51(50-56)55-53(58)47-43-39-35-31-28-24-22-20-18-16-17-19-21-23-25-29-33-37-41-45-49-60-54(59)48-44-40-36-32-26-14-12-10-8-6-4-2/h10,12,16,18,42,46,51-52,56-57H,3-9,11,13-15,17,19-41,43-45,47-50H2,1-2H3,(H,55,58)/b12-10-,18-16-,46-42+. The van der Waals surface area contributed by atoms with Gasteiger partial charge in [0.15, 0.2) is 0 Å². The lowest BCUT2D eigenvalue weighted by molar-refractivity contribution is -0.143. The van der Waals surface area contributed by atoms with E-state index >= 15 is 0 Å². The van der Waals surface area contributed by atoms with Crippen LogP contribution >= 0.6 is 0 Å². The third-order valence-corrected chi connectivity index (χ3v) is 11.9. The van der Waals surface area contributed by atoms with Crippen molar-refractivity contribution in [2.75, 3.05) is 13.2 Å². The second kappa shape index (κ2) is 49.7.